The van der Waals surface area contributed by atoms with Crippen molar-refractivity contribution in [2.45, 2.75) is 45.9 Å². The van der Waals surface area contributed by atoms with Crippen molar-refractivity contribution in [1.82, 2.24) is 20.0 Å². The fraction of sp³-hybridized carbons (Fsp3) is 0.524. The van der Waals surface area contributed by atoms with Crippen LogP contribution < -0.4 is 5.32 Å². The number of piperidine rings is 1. The van der Waals surface area contributed by atoms with E-state index in [1.54, 1.807) is 0 Å². The van der Waals surface area contributed by atoms with Crippen molar-refractivity contribution in [1.29, 1.82) is 0 Å². The predicted molar refractivity (Wildman–Crippen MR) is 109 cm³/mol. The Morgan fingerprint density at radius 2 is 1.96 bits per heavy atom. The molecular formula is C21H31N5O. The van der Waals surface area contributed by atoms with Gasteiger partial charge in [-0.15, -0.1) is 0 Å². The number of nitrogens with zero attached hydrogens (tertiary/aromatic N) is 4. The number of nitrogens with one attached hydrogen (secondary N) is 1. The van der Waals surface area contributed by atoms with E-state index in [1.807, 2.05) is 23.1 Å². The zero-order valence-corrected chi connectivity index (χ0v) is 16.5. The summed E-state index contributed by atoms with van der Waals surface area (Å²) in [6, 6.07) is 10.4. The molecule has 2 aromatic rings. The van der Waals surface area contributed by atoms with Crippen LogP contribution in [-0.2, 0) is 17.8 Å². The van der Waals surface area contributed by atoms with E-state index in [0.717, 1.165) is 51.6 Å². The first-order valence-electron chi connectivity index (χ1n) is 9.99. The molecule has 6 heteroatoms. The van der Waals surface area contributed by atoms with Crippen molar-refractivity contribution in [3.63, 3.8) is 0 Å². The Bertz CT molecular complexity index is 705. The molecule has 1 N–H and O–H groups in total. The standard InChI is InChI=1S/C21H31N5O/c1-3-22-21(25-14-10-20(11-15-25)27-4-2)23-16-18-8-5-6-9-19(18)17-26-13-7-12-24-26/h5-9,12-13,20H,3-4,10-11,14-17H2,1-2H3,(H,22,23). The maximum atomic E-state index is 5.77. The summed E-state index contributed by atoms with van der Waals surface area (Å²) in [5, 5.41) is 7.77. The molecule has 0 amide bonds. The smallest absolute Gasteiger partial charge is 0.194 e. The second-order valence-corrected chi connectivity index (χ2v) is 6.78. The van der Waals surface area contributed by atoms with Crippen LogP contribution in [-0.4, -0.2) is 53.0 Å². The minimum Gasteiger partial charge on any atom is -0.378 e. The highest BCUT2D eigenvalue weighted by Crippen LogP contribution is 2.15. The number of rotatable bonds is 7. The molecular weight excluding hydrogens is 338 g/mol. The van der Waals surface area contributed by atoms with Gasteiger partial charge in [0.15, 0.2) is 5.96 Å². The third kappa shape index (κ3) is 5.57. The quantitative estimate of drug-likeness (QED) is 0.602. The largest absolute Gasteiger partial charge is 0.378 e. The van der Waals surface area contributed by atoms with Crippen molar-refractivity contribution in [2.24, 2.45) is 4.99 Å². The summed E-state index contributed by atoms with van der Waals surface area (Å²) in [7, 11) is 0. The summed E-state index contributed by atoms with van der Waals surface area (Å²) in [6.07, 6.45) is 6.33. The number of guanidine groups is 1. The molecule has 0 radical (unpaired) electrons. The van der Waals surface area contributed by atoms with Gasteiger partial charge < -0.3 is 15.0 Å². The maximum absolute atomic E-state index is 5.77. The fourth-order valence-corrected chi connectivity index (χ4v) is 3.49. The Morgan fingerprint density at radius 1 is 1.19 bits per heavy atom. The lowest BCUT2D eigenvalue weighted by molar-refractivity contribution is 0.0263. The van der Waals surface area contributed by atoms with Gasteiger partial charge in [-0.25, -0.2) is 4.99 Å². The average Bonchev–Trinajstić information content (AvgIpc) is 3.20. The van der Waals surface area contributed by atoms with Crippen LogP contribution in [0.25, 0.3) is 0 Å². The zero-order chi connectivity index (χ0) is 18.9. The number of ether oxygens (including phenoxy) is 1. The average molecular weight is 370 g/mol. The van der Waals surface area contributed by atoms with Gasteiger partial charge in [-0.1, -0.05) is 24.3 Å². The number of likely N-dealkylation sites (tertiary alicyclic amines) is 1. The SMILES string of the molecule is CCNC(=NCc1ccccc1Cn1cccn1)N1CCC(OCC)CC1. The van der Waals surface area contributed by atoms with E-state index in [2.05, 4.69) is 53.4 Å². The maximum Gasteiger partial charge on any atom is 0.194 e. The molecule has 0 aliphatic carbocycles. The molecule has 1 aromatic heterocycles. The van der Waals surface area contributed by atoms with E-state index in [9.17, 15) is 0 Å². The molecule has 0 spiro atoms. The number of hydrogen-bond acceptors (Lipinski definition) is 3. The topological polar surface area (TPSA) is 54.7 Å². The highest BCUT2D eigenvalue weighted by molar-refractivity contribution is 5.80. The van der Waals surface area contributed by atoms with Gasteiger partial charge >= 0.3 is 0 Å². The Morgan fingerprint density at radius 3 is 2.63 bits per heavy atom. The second kappa shape index (κ2) is 10.1. The van der Waals surface area contributed by atoms with Crippen LogP contribution in [0, 0.1) is 0 Å². The molecule has 3 rings (SSSR count). The van der Waals surface area contributed by atoms with Crippen LogP contribution in [0.4, 0.5) is 0 Å². The minimum absolute atomic E-state index is 0.393. The van der Waals surface area contributed by atoms with Gasteiger partial charge in [-0.2, -0.15) is 5.10 Å². The van der Waals surface area contributed by atoms with Gasteiger partial charge in [0, 0.05) is 38.6 Å². The van der Waals surface area contributed by atoms with Gasteiger partial charge in [0.05, 0.1) is 19.2 Å². The van der Waals surface area contributed by atoms with E-state index < -0.39 is 0 Å². The molecule has 1 aliphatic heterocycles. The Hall–Kier alpha value is -2.34. The number of aromatic nitrogens is 2. The van der Waals surface area contributed by atoms with Gasteiger partial charge in [-0.05, 0) is 43.9 Å². The fourth-order valence-electron chi connectivity index (χ4n) is 3.49. The first kappa shape index (κ1) is 19.4. The first-order chi connectivity index (χ1) is 13.3. The molecule has 0 bridgehead atoms. The van der Waals surface area contributed by atoms with Crippen molar-refractivity contribution in [3.05, 3.63) is 53.9 Å². The lowest BCUT2D eigenvalue weighted by atomic mass is 10.1. The number of aliphatic imine (C=N–C) groups is 1. The summed E-state index contributed by atoms with van der Waals surface area (Å²) >= 11 is 0. The van der Waals surface area contributed by atoms with Crippen molar-refractivity contribution >= 4 is 5.96 Å². The van der Waals surface area contributed by atoms with Crippen LogP contribution >= 0.6 is 0 Å². The molecule has 0 atom stereocenters. The zero-order valence-electron chi connectivity index (χ0n) is 16.5. The predicted octanol–water partition coefficient (Wildman–Crippen LogP) is 2.90. The van der Waals surface area contributed by atoms with E-state index >= 15 is 0 Å². The lowest BCUT2D eigenvalue weighted by Crippen LogP contribution is -2.47. The molecule has 6 nitrogen and oxygen atoms in total. The monoisotopic (exact) mass is 369 g/mol. The highest BCUT2D eigenvalue weighted by Gasteiger charge is 2.21. The molecule has 0 unspecified atom stereocenters. The van der Waals surface area contributed by atoms with Crippen LogP contribution in [0.15, 0.2) is 47.7 Å². The van der Waals surface area contributed by atoms with E-state index in [-0.39, 0.29) is 0 Å². The summed E-state index contributed by atoms with van der Waals surface area (Å²) in [6.45, 7) is 9.29. The Labute approximate surface area is 162 Å². The van der Waals surface area contributed by atoms with Crippen molar-refractivity contribution in [2.75, 3.05) is 26.2 Å². The van der Waals surface area contributed by atoms with Gasteiger partial charge in [0.25, 0.3) is 0 Å². The van der Waals surface area contributed by atoms with Crippen molar-refractivity contribution < 1.29 is 4.74 Å². The summed E-state index contributed by atoms with van der Waals surface area (Å²) < 4.78 is 7.72. The third-order valence-electron chi connectivity index (χ3n) is 4.89. The van der Waals surface area contributed by atoms with Crippen molar-refractivity contribution in [3.8, 4) is 0 Å². The van der Waals surface area contributed by atoms with Gasteiger partial charge in [-0.3, -0.25) is 4.68 Å². The molecule has 1 fully saturated rings. The highest BCUT2D eigenvalue weighted by atomic mass is 16.5. The normalized spacial score (nSPS) is 15.9. The van der Waals surface area contributed by atoms with E-state index in [1.165, 1.54) is 11.1 Å². The van der Waals surface area contributed by atoms with Crippen LogP contribution in [0.1, 0.15) is 37.8 Å². The van der Waals surface area contributed by atoms with E-state index in [4.69, 9.17) is 9.73 Å². The first-order valence-corrected chi connectivity index (χ1v) is 9.99. The summed E-state index contributed by atoms with van der Waals surface area (Å²) in [5.41, 5.74) is 2.50. The molecule has 146 valence electrons. The van der Waals surface area contributed by atoms with Crippen LogP contribution in [0.2, 0.25) is 0 Å². The van der Waals surface area contributed by atoms with Gasteiger partial charge in [0.1, 0.15) is 0 Å². The summed E-state index contributed by atoms with van der Waals surface area (Å²) in [4.78, 5) is 7.29. The molecule has 27 heavy (non-hydrogen) atoms. The Balaban J connectivity index is 1.67. The van der Waals surface area contributed by atoms with E-state index in [0.29, 0.717) is 12.6 Å². The lowest BCUT2D eigenvalue weighted by Gasteiger charge is -2.34. The van der Waals surface area contributed by atoms with Gasteiger partial charge in [0.2, 0.25) is 0 Å². The molecule has 1 aromatic carbocycles. The third-order valence-corrected chi connectivity index (χ3v) is 4.89. The van der Waals surface area contributed by atoms with Crippen LogP contribution in [0.3, 0.4) is 0 Å². The second-order valence-electron chi connectivity index (χ2n) is 6.78. The summed E-state index contributed by atoms with van der Waals surface area (Å²) in [5.74, 6) is 1.00. The molecule has 2 heterocycles. The Kier molecular flexibility index (Phi) is 7.27. The molecule has 0 saturated carbocycles. The molecule has 1 aliphatic rings. The number of hydrogen-bond donors (Lipinski definition) is 1. The minimum atomic E-state index is 0.393. The number of benzene rings is 1. The van der Waals surface area contributed by atoms with Crippen LogP contribution in [0.5, 0.6) is 0 Å². The molecule has 1 saturated heterocycles.